The van der Waals surface area contributed by atoms with E-state index in [-0.39, 0.29) is 30.8 Å². The fraction of sp³-hybridized carbons (Fsp3) is 0.333. The Hall–Kier alpha value is -3.12. The summed E-state index contributed by atoms with van der Waals surface area (Å²) in [5.41, 5.74) is 1.68. The number of hydrogen-bond acceptors (Lipinski definition) is 4. The third kappa shape index (κ3) is 5.82. The lowest BCUT2D eigenvalue weighted by Gasteiger charge is -2.32. The number of nitrogens with zero attached hydrogens (tertiary/aromatic N) is 1. The maximum Gasteiger partial charge on any atom is 0.247 e. The van der Waals surface area contributed by atoms with Crippen LogP contribution in [0.1, 0.15) is 47.7 Å². The molecule has 2 aromatic carbocycles. The van der Waals surface area contributed by atoms with Gasteiger partial charge in [-0.1, -0.05) is 67.4 Å². The SMILES string of the molecule is COc1ccccc1CN(C(=O)Cc1cccs1)C(C(=O)NC1CCCC1)c1ccccc1. The molecule has 1 heterocycles. The van der Waals surface area contributed by atoms with Crippen molar-refractivity contribution in [2.45, 2.75) is 50.7 Å². The van der Waals surface area contributed by atoms with Gasteiger partial charge in [-0.2, -0.15) is 0 Å². The van der Waals surface area contributed by atoms with Crippen LogP contribution in [0.15, 0.2) is 72.1 Å². The van der Waals surface area contributed by atoms with Crippen molar-refractivity contribution < 1.29 is 14.3 Å². The van der Waals surface area contributed by atoms with Crippen LogP contribution in [0.2, 0.25) is 0 Å². The molecule has 6 heteroatoms. The Balaban J connectivity index is 1.70. The molecular weight excluding hydrogens is 432 g/mol. The summed E-state index contributed by atoms with van der Waals surface area (Å²) in [6.07, 6.45) is 4.49. The van der Waals surface area contributed by atoms with Gasteiger partial charge in [-0.05, 0) is 35.9 Å². The fourth-order valence-electron chi connectivity index (χ4n) is 4.46. The molecular formula is C27H30N2O3S. The molecule has 1 aromatic heterocycles. The third-order valence-corrected chi connectivity index (χ3v) is 7.01. The summed E-state index contributed by atoms with van der Waals surface area (Å²) in [5.74, 6) is 0.496. The summed E-state index contributed by atoms with van der Waals surface area (Å²) in [6, 6.07) is 20.6. The molecule has 1 fully saturated rings. The first kappa shape index (κ1) is 23.1. The second kappa shape index (κ2) is 11.1. The number of rotatable bonds is 9. The number of thiophene rings is 1. The van der Waals surface area contributed by atoms with Crippen molar-refractivity contribution in [1.29, 1.82) is 0 Å². The number of amides is 2. The van der Waals surface area contributed by atoms with E-state index in [1.807, 2.05) is 72.1 Å². The van der Waals surface area contributed by atoms with Crippen LogP contribution in [0.25, 0.3) is 0 Å². The van der Waals surface area contributed by atoms with E-state index >= 15 is 0 Å². The van der Waals surface area contributed by atoms with Gasteiger partial charge in [-0.3, -0.25) is 9.59 Å². The zero-order chi connectivity index (χ0) is 23.0. The molecule has 4 rings (SSSR count). The number of para-hydroxylation sites is 1. The second-order valence-electron chi connectivity index (χ2n) is 8.39. The van der Waals surface area contributed by atoms with Gasteiger partial charge < -0.3 is 15.0 Å². The summed E-state index contributed by atoms with van der Waals surface area (Å²) >= 11 is 1.55. The number of methoxy groups -OCH3 is 1. The third-order valence-electron chi connectivity index (χ3n) is 6.14. The second-order valence-corrected chi connectivity index (χ2v) is 9.43. The van der Waals surface area contributed by atoms with Gasteiger partial charge in [0.1, 0.15) is 11.8 Å². The van der Waals surface area contributed by atoms with Gasteiger partial charge in [0, 0.05) is 16.5 Å². The maximum absolute atomic E-state index is 13.7. The Labute approximate surface area is 199 Å². The largest absolute Gasteiger partial charge is 0.496 e. The number of carbonyl (C=O) groups excluding carboxylic acids is 2. The molecule has 0 aliphatic heterocycles. The summed E-state index contributed by atoms with van der Waals surface area (Å²) < 4.78 is 5.55. The van der Waals surface area contributed by atoms with Gasteiger partial charge >= 0.3 is 0 Å². The van der Waals surface area contributed by atoms with Crippen molar-refractivity contribution in [1.82, 2.24) is 10.2 Å². The molecule has 1 aliphatic carbocycles. The van der Waals surface area contributed by atoms with Crippen LogP contribution in [0, 0.1) is 0 Å². The van der Waals surface area contributed by atoms with Crippen molar-refractivity contribution in [2.75, 3.05) is 7.11 Å². The molecule has 0 bridgehead atoms. The van der Waals surface area contributed by atoms with Gasteiger partial charge in [-0.25, -0.2) is 0 Å². The van der Waals surface area contributed by atoms with Crippen LogP contribution in [0.5, 0.6) is 5.75 Å². The minimum absolute atomic E-state index is 0.0845. The van der Waals surface area contributed by atoms with E-state index in [1.165, 1.54) is 0 Å². The predicted octanol–water partition coefficient (Wildman–Crippen LogP) is 5.13. The van der Waals surface area contributed by atoms with Gasteiger partial charge in [-0.15, -0.1) is 11.3 Å². The molecule has 0 saturated heterocycles. The summed E-state index contributed by atoms with van der Waals surface area (Å²) in [5, 5.41) is 5.19. The first-order chi connectivity index (χ1) is 16.2. The monoisotopic (exact) mass is 462 g/mol. The van der Waals surface area contributed by atoms with Crippen molar-refractivity contribution >= 4 is 23.2 Å². The standard InChI is InChI=1S/C27H30N2O3S/c1-32-24-16-8-5-12-21(24)19-29(25(30)18-23-15-9-17-33-23)26(20-10-3-2-4-11-20)27(31)28-22-13-6-7-14-22/h2-5,8-12,15-17,22,26H,6-7,13-14,18-19H2,1H3,(H,28,31). The highest BCUT2D eigenvalue weighted by Crippen LogP contribution is 2.29. The van der Waals surface area contributed by atoms with Crippen LogP contribution in [0.4, 0.5) is 0 Å². The summed E-state index contributed by atoms with van der Waals surface area (Å²) in [4.78, 5) is 30.0. The van der Waals surface area contributed by atoms with Crippen LogP contribution in [-0.2, 0) is 22.6 Å². The van der Waals surface area contributed by atoms with E-state index in [9.17, 15) is 9.59 Å². The maximum atomic E-state index is 13.7. The molecule has 1 N–H and O–H groups in total. The minimum Gasteiger partial charge on any atom is -0.496 e. The van der Waals surface area contributed by atoms with Gasteiger partial charge in [0.2, 0.25) is 11.8 Å². The van der Waals surface area contributed by atoms with Gasteiger partial charge in [0.25, 0.3) is 0 Å². The molecule has 1 aliphatic rings. The molecule has 0 radical (unpaired) electrons. The summed E-state index contributed by atoms with van der Waals surface area (Å²) in [6.45, 7) is 0.284. The number of ether oxygens (including phenoxy) is 1. The highest BCUT2D eigenvalue weighted by molar-refractivity contribution is 7.10. The molecule has 0 spiro atoms. The van der Waals surface area contributed by atoms with E-state index < -0.39 is 6.04 Å². The van der Waals surface area contributed by atoms with Crippen molar-refractivity contribution in [2.24, 2.45) is 0 Å². The number of hydrogen-bond donors (Lipinski definition) is 1. The summed E-state index contributed by atoms with van der Waals surface area (Å²) in [7, 11) is 1.62. The highest BCUT2D eigenvalue weighted by Gasteiger charge is 2.33. The van der Waals surface area contributed by atoms with Crippen molar-refractivity contribution in [3.63, 3.8) is 0 Å². The Morgan fingerprint density at radius 2 is 1.76 bits per heavy atom. The van der Waals surface area contributed by atoms with Crippen molar-refractivity contribution in [3.8, 4) is 5.75 Å². The predicted molar refractivity (Wildman–Crippen MR) is 131 cm³/mol. The average molecular weight is 463 g/mol. The van der Waals surface area contributed by atoms with E-state index in [0.29, 0.717) is 5.75 Å². The quantitative estimate of drug-likeness (QED) is 0.480. The molecule has 1 saturated carbocycles. The van der Waals surface area contributed by atoms with E-state index in [4.69, 9.17) is 4.74 Å². The first-order valence-electron chi connectivity index (χ1n) is 11.4. The zero-order valence-corrected chi connectivity index (χ0v) is 19.7. The van der Waals surface area contributed by atoms with Gasteiger partial charge in [0.05, 0.1) is 20.1 Å². The molecule has 1 unspecified atom stereocenters. The molecule has 1 atom stereocenters. The normalized spacial score (nSPS) is 14.6. The molecule has 3 aromatic rings. The topological polar surface area (TPSA) is 58.6 Å². The Kier molecular flexibility index (Phi) is 7.79. The average Bonchev–Trinajstić information content (AvgIpc) is 3.54. The smallest absolute Gasteiger partial charge is 0.247 e. The fourth-order valence-corrected chi connectivity index (χ4v) is 5.16. The lowest BCUT2D eigenvalue weighted by Crippen LogP contribution is -2.46. The first-order valence-corrected chi connectivity index (χ1v) is 12.3. The number of nitrogens with one attached hydrogen (secondary N) is 1. The lowest BCUT2D eigenvalue weighted by molar-refractivity contribution is -0.141. The number of carbonyl (C=O) groups is 2. The Bertz CT molecular complexity index is 1050. The Morgan fingerprint density at radius 3 is 2.45 bits per heavy atom. The van der Waals surface area contributed by atoms with Gasteiger partial charge in [0.15, 0.2) is 0 Å². The van der Waals surface area contributed by atoms with Crippen LogP contribution in [-0.4, -0.2) is 29.9 Å². The zero-order valence-electron chi connectivity index (χ0n) is 18.9. The van der Waals surface area contributed by atoms with E-state index in [2.05, 4.69) is 5.32 Å². The van der Waals surface area contributed by atoms with E-state index in [0.717, 1.165) is 41.7 Å². The van der Waals surface area contributed by atoms with Crippen molar-refractivity contribution in [3.05, 3.63) is 88.1 Å². The van der Waals surface area contributed by atoms with Crippen LogP contribution < -0.4 is 10.1 Å². The Morgan fingerprint density at radius 1 is 1.03 bits per heavy atom. The molecule has 2 amide bonds. The van der Waals surface area contributed by atoms with E-state index in [1.54, 1.807) is 23.3 Å². The molecule has 5 nitrogen and oxygen atoms in total. The minimum atomic E-state index is -0.718. The highest BCUT2D eigenvalue weighted by atomic mass is 32.1. The lowest BCUT2D eigenvalue weighted by atomic mass is 10.0. The molecule has 172 valence electrons. The molecule has 33 heavy (non-hydrogen) atoms. The van der Waals surface area contributed by atoms with Crippen LogP contribution in [0.3, 0.4) is 0 Å². The van der Waals surface area contributed by atoms with Crippen LogP contribution >= 0.6 is 11.3 Å². The number of benzene rings is 2.